The maximum atomic E-state index is 12.1. The number of anilines is 1. The van der Waals surface area contributed by atoms with Crippen LogP contribution in [-0.4, -0.2) is 25.0 Å². The molecule has 0 spiro atoms. The van der Waals surface area contributed by atoms with E-state index < -0.39 is 0 Å². The summed E-state index contributed by atoms with van der Waals surface area (Å²) in [5.74, 6) is -0.00220. The summed E-state index contributed by atoms with van der Waals surface area (Å²) in [7, 11) is 0. The van der Waals surface area contributed by atoms with E-state index in [1.807, 2.05) is 0 Å². The van der Waals surface area contributed by atoms with E-state index in [0.29, 0.717) is 12.3 Å². The highest BCUT2D eigenvalue weighted by Gasteiger charge is 2.18. The van der Waals surface area contributed by atoms with Crippen molar-refractivity contribution in [2.75, 3.05) is 18.1 Å². The topological polar surface area (TPSA) is 84.7 Å². The van der Waals surface area contributed by atoms with Gasteiger partial charge in [-0.3, -0.25) is 9.59 Å². The van der Waals surface area contributed by atoms with E-state index in [2.05, 4.69) is 58.7 Å². The van der Waals surface area contributed by atoms with Crippen molar-refractivity contribution < 1.29 is 14.3 Å². The second-order valence-electron chi connectivity index (χ2n) is 7.97. The molecular weight excluding hydrogens is 402 g/mol. The summed E-state index contributed by atoms with van der Waals surface area (Å²) in [4.78, 5) is 25.5. The van der Waals surface area contributed by atoms with Gasteiger partial charge in [0.05, 0.1) is 6.42 Å². The molecule has 2 amide bonds. The van der Waals surface area contributed by atoms with E-state index >= 15 is 0 Å². The van der Waals surface area contributed by atoms with Gasteiger partial charge in [-0.2, -0.15) is 0 Å². The molecule has 0 aromatic heterocycles. The number of nitrogens with two attached hydrogens (primary N) is 1. The van der Waals surface area contributed by atoms with Crippen LogP contribution in [0.3, 0.4) is 0 Å². The van der Waals surface area contributed by atoms with Crippen molar-refractivity contribution >= 4 is 17.5 Å². The molecule has 1 aliphatic rings. The quantitative estimate of drug-likeness (QED) is 0.548. The van der Waals surface area contributed by atoms with Gasteiger partial charge in [-0.15, -0.1) is 0 Å². The van der Waals surface area contributed by atoms with E-state index in [1.54, 1.807) is 24.3 Å². The van der Waals surface area contributed by atoms with Gasteiger partial charge in [-0.1, -0.05) is 54.6 Å². The summed E-state index contributed by atoms with van der Waals surface area (Å²) in [6.07, 6.45) is 1.28. The van der Waals surface area contributed by atoms with Crippen molar-refractivity contribution in [2.45, 2.75) is 25.9 Å². The monoisotopic (exact) mass is 429 g/mol. The number of amides is 2. The second-order valence-corrected chi connectivity index (χ2v) is 7.97. The van der Waals surface area contributed by atoms with Gasteiger partial charge in [-0.05, 0) is 46.9 Å². The second kappa shape index (κ2) is 10.0. The Morgan fingerprint density at radius 2 is 1.59 bits per heavy atom. The maximum absolute atomic E-state index is 12.1. The average Bonchev–Trinajstić information content (AvgIpc) is 3.20. The molecular formula is C26H27N3O3. The van der Waals surface area contributed by atoms with Gasteiger partial charge < -0.3 is 20.7 Å². The predicted molar refractivity (Wildman–Crippen MR) is 124 cm³/mol. The fourth-order valence-corrected chi connectivity index (χ4v) is 3.86. The average molecular weight is 430 g/mol. The number of hydrogen-bond acceptors (Lipinski definition) is 4. The van der Waals surface area contributed by atoms with Crippen molar-refractivity contribution in [3.05, 3.63) is 95.1 Å². The molecule has 0 aliphatic carbocycles. The number of carbonyl (C=O) groups is 2. The fourth-order valence-electron chi connectivity index (χ4n) is 3.86. The molecule has 1 aliphatic heterocycles. The lowest BCUT2D eigenvalue weighted by Crippen LogP contribution is -2.28. The van der Waals surface area contributed by atoms with E-state index in [9.17, 15) is 9.59 Å². The largest absolute Gasteiger partial charge is 0.484 e. The molecule has 0 atom stereocenters. The number of rotatable bonds is 9. The van der Waals surface area contributed by atoms with Gasteiger partial charge in [0.25, 0.3) is 5.91 Å². The van der Waals surface area contributed by atoms with Crippen LogP contribution < -0.4 is 20.7 Å². The van der Waals surface area contributed by atoms with E-state index in [-0.39, 0.29) is 24.8 Å². The Bertz CT molecular complexity index is 1080. The van der Waals surface area contributed by atoms with Gasteiger partial charge in [0.1, 0.15) is 5.75 Å². The molecule has 3 N–H and O–H groups in total. The number of primary amides is 1. The Morgan fingerprint density at radius 1 is 0.906 bits per heavy atom. The molecule has 0 radical (unpaired) electrons. The summed E-state index contributed by atoms with van der Waals surface area (Å²) in [6.45, 7) is 2.31. The summed E-state index contributed by atoms with van der Waals surface area (Å²) in [5, 5.41) is 2.88. The molecule has 0 unspecified atom stereocenters. The Labute approximate surface area is 188 Å². The van der Waals surface area contributed by atoms with Gasteiger partial charge in [0.15, 0.2) is 6.61 Å². The number of para-hydroxylation sites is 1. The number of nitrogens with one attached hydrogen (secondary N) is 1. The zero-order chi connectivity index (χ0) is 22.3. The lowest BCUT2D eigenvalue weighted by Gasteiger charge is -2.19. The van der Waals surface area contributed by atoms with Gasteiger partial charge in [0.2, 0.25) is 5.91 Å². The minimum absolute atomic E-state index is 0.0678. The smallest absolute Gasteiger partial charge is 0.258 e. The number of carbonyl (C=O) groups excluding carboxylic acids is 2. The summed E-state index contributed by atoms with van der Waals surface area (Å²) >= 11 is 0. The maximum Gasteiger partial charge on any atom is 0.258 e. The van der Waals surface area contributed by atoms with Crippen molar-refractivity contribution in [3.63, 3.8) is 0 Å². The highest BCUT2D eigenvalue weighted by atomic mass is 16.5. The van der Waals surface area contributed by atoms with Crippen molar-refractivity contribution in [1.29, 1.82) is 0 Å². The minimum Gasteiger partial charge on any atom is -0.484 e. The number of fused-ring (bicyclic) bond motifs is 1. The minimum atomic E-state index is -0.382. The first kappa shape index (κ1) is 21.4. The first-order valence-corrected chi connectivity index (χ1v) is 10.7. The Balaban J connectivity index is 1.21. The molecule has 4 rings (SSSR count). The Kier molecular flexibility index (Phi) is 6.70. The van der Waals surface area contributed by atoms with Crippen molar-refractivity contribution in [1.82, 2.24) is 5.32 Å². The van der Waals surface area contributed by atoms with Crippen LogP contribution in [0.1, 0.15) is 22.3 Å². The van der Waals surface area contributed by atoms with Crippen LogP contribution >= 0.6 is 0 Å². The molecule has 0 saturated carbocycles. The van der Waals surface area contributed by atoms with Gasteiger partial charge in [0, 0.05) is 25.3 Å². The zero-order valence-corrected chi connectivity index (χ0v) is 17.9. The lowest BCUT2D eigenvalue weighted by molar-refractivity contribution is -0.123. The SMILES string of the molecule is NC(=O)Cc1ccc(OCC(=O)NCc2ccc(CN3CCc4ccccc43)cc2)cc1. The molecule has 0 bridgehead atoms. The van der Waals surface area contributed by atoms with Crippen LogP contribution in [0, 0.1) is 0 Å². The molecule has 0 fully saturated rings. The Hall–Kier alpha value is -3.80. The van der Waals surface area contributed by atoms with Crippen LogP contribution in [0.25, 0.3) is 0 Å². The summed E-state index contributed by atoms with van der Waals surface area (Å²) in [6, 6.07) is 23.9. The molecule has 6 nitrogen and oxygen atoms in total. The molecule has 0 saturated heterocycles. The third-order valence-corrected chi connectivity index (χ3v) is 5.54. The third kappa shape index (κ3) is 5.66. The van der Waals surface area contributed by atoms with Crippen LogP contribution in [0.4, 0.5) is 5.69 Å². The number of benzene rings is 3. The fraction of sp³-hybridized carbons (Fsp3) is 0.231. The van der Waals surface area contributed by atoms with E-state index in [0.717, 1.165) is 30.6 Å². The first-order chi connectivity index (χ1) is 15.6. The molecule has 3 aromatic carbocycles. The number of nitrogens with zero attached hydrogens (tertiary/aromatic N) is 1. The van der Waals surface area contributed by atoms with E-state index in [4.69, 9.17) is 10.5 Å². The van der Waals surface area contributed by atoms with Crippen molar-refractivity contribution in [2.24, 2.45) is 5.73 Å². The highest BCUT2D eigenvalue weighted by Crippen LogP contribution is 2.28. The predicted octanol–water partition coefficient (Wildman–Crippen LogP) is 2.97. The molecule has 164 valence electrons. The molecule has 3 aromatic rings. The Morgan fingerprint density at radius 3 is 2.34 bits per heavy atom. The summed E-state index contributed by atoms with van der Waals surface area (Å²) in [5.41, 5.74) is 11.0. The van der Waals surface area contributed by atoms with Gasteiger partial charge >= 0.3 is 0 Å². The first-order valence-electron chi connectivity index (χ1n) is 10.7. The van der Waals surface area contributed by atoms with Crippen LogP contribution in [-0.2, 0) is 35.5 Å². The molecule has 1 heterocycles. The normalized spacial score (nSPS) is 12.3. The van der Waals surface area contributed by atoms with Crippen molar-refractivity contribution in [3.8, 4) is 5.75 Å². The van der Waals surface area contributed by atoms with Crippen LogP contribution in [0.5, 0.6) is 5.75 Å². The number of hydrogen-bond donors (Lipinski definition) is 2. The van der Waals surface area contributed by atoms with E-state index in [1.165, 1.54) is 16.8 Å². The lowest BCUT2D eigenvalue weighted by atomic mass is 10.1. The number of ether oxygens (including phenoxy) is 1. The third-order valence-electron chi connectivity index (χ3n) is 5.54. The molecule has 6 heteroatoms. The highest BCUT2D eigenvalue weighted by molar-refractivity contribution is 5.77. The van der Waals surface area contributed by atoms with Gasteiger partial charge in [-0.25, -0.2) is 0 Å². The summed E-state index contributed by atoms with van der Waals surface area (Å²) < 4.78 is 5.50. The van der Waals surface area contributed by atoms with Crippen LogP contribution in [0.15, 0.2) is 72.8 Å². The zero-order valence-electron chi connectivity index (χ0n) is 17.9. The molecule has 32 heavy (non-hydrogen) atoms. The standard InChI is InChI=1S/C26H27N3O3/c27-25(30)15-19-9-11-23(12-10-19)32-18-26(31)28-16-20-5-7-21(8-6-20)17-29-14-13-22-3-1-2-4-24(22)29/h1-12H,13-18H2,(H2,27,30)(H,28,31). The van der Waals surface area contributed by atoms with Crippen LogP contribution in [0.2, 0.25) is 0 Å².